The number of furan rings is 1. The summed E-state index contributed by atoms with van der Waals surface area (Å²) >= 11 is 5.75. The van der Waals surface area contributed by atoms with Crippen molar-refractivity contribution in [2.45, 2.75) is 19.1 Å². The van der Waals surface area contributed by atoms with Crippen LogP contribution in [0.5, 0.6) is 0 Å². The van der Waals surface area contributed by atoms with Gasteiger partial charge in [-0.2, -0.15) is 5.10 Å². The highest BCUT2D eigenvalue weighted by atomic mass is 35.5. The van der Waals surface area contributed by atoms with Crippen LogP contribution >= 0.6 is 11.6 Å². The lowest BCUT2D eigenvalue weighted by Crippen LogP contribution is -2.24. The van der Waals surface area contributed by atoms with Crippen molar-refractivity contribution >= 4 is 11.6 Å². The highest BCUT2D eigenvalue weighted by Gasteiger charge is 2.30. The summed E-state index contributed by atoms with van der Waals surface area (Å²) < 4.78 is 13.0. The summed E-state index contributed by atoms with van der Waals surface area (Å²) in [5.74, 6) is 1.32. The number of aromatic nitrogens is 2. The van der Waals surface area contributed by atoms with E-state index in [0.717, 1.165) is 30.9 Å². The van der Waals surface area contributed by atoms with Gasteiger partial charge in [0.1, 0.15) is 5.76 Å². The van der Waals surface area contributed by atoms with Gasteiger partial charge >= 0.3 is 0 Å². The highest BCUT2D eigenvalue weighted by Crippen LogP contribution is 2.33. The summed E-state index contributed by atoms with van der Waals surface area (Å²) in [6.07, 6.45) is 5.10. The Labute approximate surface area is 122 Å². The second-order valence-corrected chi connectivity index (χ2v) is 5.50. The Kier molecular flexibility index (Phi) is 4.10. The van der Waals surface area contributed by atoms with Crippen molar-refractivity contribution in [2.24, 2.45) is 13.0 Å². The maximum Gasteiger partial charge on any atom is 0.193 e. The van der Waals surface area contributed by atoms with Crippen LogP contribution in [-0.4, -0.2) is 22.9 Å². The molecule has 0 spiro atoms. The average molecular weight is 296 g/mol. The number of aryl methyl sites for hydroxylation is 1. The van der Waals surface area contributed by atoms with Gasteiger partial charge in [-0.3, -0.25) is 4.68 Å². The van der Waals surface area contributed by atoms with E-state index in [1.54, 1.807) is 6.07 Å². The number of rotatable bonds is 5. The fraction of sp³-hybridized carbons (Fsp3) is 0.500. The lowest BCUT2D eigenvalue weighted by atomic mass is 9.97. The molecule has 0 radical (unpaired) electrons. The van der Waals surface area contributed by atoms with Gasteiger partial charge in [0.15, 0.2) is 5.22 Å². The van der Waals surface area contributed by atoms with Crippen LogP contribution in [-0.2, 0) is 18.3 Å². The molecule has 1 fully saturated rings. The first-order valence-electron chi connectivity index (χ1n) is 6.77. The molecule has 0 amide bonds. The molecule has 0 aromatic carbocycles. The molecule has 0 bridgehead atoms. The molecule has 3 rings (SSSR count). The van der Waals surface area contributed by atoms with E-state index in [-0.39, 0.29) is 6.10 Å². The fourth-order valence-corrected chi connectivity index (χ4v) is 2.79. The normalized spacial score (nSPS) is 22.5. The van der Waals surface area contributed by atoms with Crippen molar-refractivity contribution < 1.29 is 9.15 Å². The molecule has 2 atom stereocenters. The van der Waals surface area contributed by atoms with Gasteiger partial charge in [-0.25, -0.2) is 0 Å². The molecule has 1 aliphatic rings. The molecular formula is C14H18ClN3O2. The van der Waals surface area contributed by atoms with E-state index in [1.165, 1.54) is 0 Å². The van der Waals surface area contributed by atoms with Crippen molar-refractivity contribution in [3.05, 3.63) is 41.1 Å². The van der Waals surface area contributed by atoms with Crippen molar-refractivity contribution in [1.29, 1.82) is 0 Å². The number of hydrogen-bond acceptors (Lipinski definition) is 4. The minimum absolute atomic E-state index is 0.136. The van der Waals surface area contributed by atoms with Gasteiger partial charge in [0, 0.05) is 37.9 Å². The standard InChI is InChI=1S/C14H18ClN3O2/c1-18-9-11(7-17-18)14-10(4-5-19-14)6-16-8-12-2-3-13(15)20-12/h2-3,7,9-10,14,16H,4-6,8H2,1H3/t10-,14-/m0/s1. The largest absolute Gasteiger partial charge is 0.448 e. The third-order valence-electron chi connectivity index (χ3n) is 3.60. The van der Waals surface area contributed by atoms with Crippen LogP contribution in [0.3, 0.4) is 0 Å². The quantitative estimate of drug-likeness (QED) is 0.921. The van der Waals surface area contributed by atoms with Crippen LogP contribution in [0.25, 0.3) is 0 Å². The monoisotopic (exact) mass is 295 g/mol. The number of nitrogens with one attached hydrogen (secondary N) is 1. The van der Waals surface area contributed by atoms with Crippen molar-refractivity contribution in [3.63, 3.8) is 0 Å². The van der Waals surface area contributed by atoms with Crippen molar-refractivity contribution in [1.82, 2.24) is 15.1 Å². The number of ether oxygens (including phenoxy) is 1. The maximum absolute atomic E-state index is 5.83. The fourth-order valence-electron chi connectivity index (χ4n) is 2.63. The number of halogens is 1. The Bertz CT molecular complexity index is 566. The maximum atomic E-state index is 5.83. The van der Waals surface area contributed by atoms with Gasteiger partial charge < -0.3 is 14.5 Å². The summed E-state index contributed by atoms with van der Waals surface area (Å²) in [4.78, 5) is 0. The molecule has 5 nitrogen and oxygen atoms in total. The van der Waals surface area contributed by atoms with Crippen LogP contribution in [0.1, 0.15) is 23.8 Å². The third kappa shape index (κ3) is 3.06. The summed E-state index contributed by atoms with van der Waals surface area (Å²) in [6, 6.07) is 3.65. The molecule has 2 aromatic rings. The molecule has 1 N–H and O–H groups in total. The summed E-state index contributed by atoms with van der Waals surface area (Å²) in [6.45, 7) is 2.37. The van der Waals surface area contributed by atoms with E-state index in [0.29, 0.717) is 17.7 Å². The zero-order valence-corrected chi connectivity index (χ0v) is 12.1. The van der Waals surface area contributed by atoms with Crippen LogP contribution < -0.4 is 5.32 Å². The predicted octanol–water partition coefficient (Wildman–Crippen LogP) is 2.53. The zero-order valence-electron chi connectivity index (χ0n) is 11.4. The molecule has 20 heavy (non-hydrogen) atoms. The summed E-state index contributed by atoms with van der Waals surface area (Å²) in [7, 11) is 1.92. The van der Waals surface area contributed by atoms with Gasteiger partial charge in [0.2, 0.25) is 0 Å². The van der Waals surface area contributed by atoms with Gasteiger partial charge in [0.25, 0.3) is 0 Å². The first-order valence-corrected chi connectivity index (χ1v) is 7.15. The Balaban J connectivity index is 1.54. The first-order chi connectivity index (χ1) is 9.72. The molecule has 2 aromatic heterocycles. The van der Waals surface area contributed by atoms with Crippen LogP contribution in [0.2, 0.25) is 5.22 Å². The number of hydrogen-bond donors (Lipinski definition) is 1. The Morgan fingerprint density at radius 3 is 3.10 bits per heavy atom. The SMILES string of the molecule is Cn1cc([C@H]2OCC[C@H]2CNCc2ccc(Cl)o2)cn1. The van der Waals surface area contributed by atoms with E-state index < -0.39 is 0 Å². The summed E-state index contributed by atoms with van der Waals surface area (Å²) in [5, 5.41) is 8.05. The van der Waals surface area contributed by atoms with Gasteiger partial charge in [-0.05, 0) is 30.2 Å². The molecular weight excluding hydrogens is 278 g/mol. The van der Waals surface area contributed by atoms with E-state index in [1.807, 2.05) is 30.2 Å². The zero-order chi connectivity index (χ0) is 13.9. The second-order valence-electron chi connectivity index (χ2n) is 5.12. The molecule has 0 aliphatic carbocycles. The first kappa shape index (κ1) is 13.7. The predicted molar refractivity (Wildman–Crippen MR) is 75.4 cm³/mol. The van der Waals surface area contributed by atoms with Crippen molar-refractivity contribution in [3.8, 4) is 0 Å². The molecule has 3 heterocycles. The lowest BCUT2D eigenvalue weighted by Gasteiger charge is -2.17. The lowest BCUT2D eigenvalue weighted by molar-refractivity contribution is 0.0903. The van der Waals surface area contributed by atoms with Gasteiger partial charge in [-0.15, -0.1) is 0 Å². The molecule has 1 aliphatic heterocycles. The third-order valence-corrected chi connectivity index (χ3v) is 3.81. The van der Waals surface area contributed by atoms with Gasteiger partial charge in [-0.1, -0.05) is 0 Å². The Morgan fingerprint density at radius 2 is 2.40 bits per heavy atom. The van der Waals surface area contributed by atoms with E-state index >= 15 is 0 Å². The average Bonchev–Trinajstić information content (AvgIpc) is 3.11. The molecule has 108 valence electrons. The second kappa shape index (κ2) is 5.99. The van der Waals surface area contributed by atoms with Crippen LogP contribution in [0.4, 0.5) is 0 Å². The van der Waals surface area contributed by atoms with E-state index in [2.05, 4.69) is 10.4 Å². The van der Waals surface area contributed by atoms with E-state index in [9.17, 15) is 0 Å². The molecule has 0 saturated carbocycles. The summed E-state index contributed by atoms with van der Waals surface area (Å²) in [5.41, 5.74) is 1.15. The molecule has 6 heteroatoms. The van der Waals surface area contributed by atoms with Crippen LogP contribution in [0, 0.1) is 5.92 Å². The highest BCUT2D eigenvalue weighted by molar-refractivity contribution is 6.28. The van der Waals surface area contributed by atoms with Gasteiger partial charge in [0.05, 0.1) is 18.8 Å². The van der Waals surface area contributed by atoms with Crippen LogP contribution in [0.15, 0.2) is 28.9 Å². The molecule has 1 saturated heterocycles. The Morgan fingerprint density at radius 1 is 1.50 bits per heavy atom. The van der Waals surface area contributed by atoms with Crippen molar-refractivity contribution in [2.75, 3.05) is 13.2 Å². The topological polar surface area (TPSA) is 52.2 Å². The Hall–Kier alpha value is -1.30. The minimum Gasteiger partial charge on any atom is -0.448 e. The minimum atomic E-state index is 0.136. The molecule has 0 unspecified atom stereocenters. The smallest absolute Gasteiger partial charge is 0.193 e. The number of nitrogens with zero attached hydrogens (tertiary/aromatic N) is 2. The van der Waals surface area contributed by atoms with E-state index in [4.69, 9.17) is 20.8 Å².